The minimum atomic E-state index is -1.39. The Bertz CT molecular complexity index is 809. The van der Waals surface area contributed by atoms with Crippen molar-refractivity contribution in [3.63, 3.8) is 0 Å². The van der Waals surface area contributed by atoms with E-state index in [2.05, 4.69) is 28.2 Å². The van der Waals surface area contributed by atoms with Crippen molar-refractivity contribution in [3.05, 3.63) is 0 Å². The molecule has 0 spiro atoms. The van der Waals surface area contributed by atoms with Crippen LogP contribution in [0.25, 0.3) is 0 Å². The number of carbonyl (C=O) groups excluding carboxylic acids is 4. The molecule has 4 atom stereocenters. The predicted octanol–water partition coefficient (Wildman–Crippen LogP) is -1.25. The third-order valence-electron chi connectivity index (χ3n) is 6.09. The van der Waals surface area contributed by atoms with Crippen molar-refractivity contribution in [1.82, 2.24) is 21.3 Å². The predicted molar refractivity (Wildman–Crippen MR) is 161 cm³/mol. The maximum atomic E-state index is 12.9. The number of nitrogens with one attached hydrogen (secondary N) is 4. The van der Waals surface area contributed by atoms with E-state index >= 15 is 0 Å². The van der Waals surface area contributed by atoms with Crippen molar-refractivity contribution in [3.8, 4) is 0 Å². The van der Waals surface area contributed by atoms with Crippen molar-refractivity contribution < 1.29 is 38.9 Å². The van der Waals surface area contributed by atoms with Gasteiger partial charge in [0.1, 0.15) is 18.1 Å². The zero-order valence-corrected chi connectivity index (χ0v) is 25.4. The minimum Gasteiger partial charge on any atom is -0.480 e. The topological polar surface area (TPSA) is 261 Å². The van der Waals surface area contributed by atoms with Crippen molar-refractivity contribution in [2.24, 2.45) is 17.2 Å². The Labute approximate surface area is 252 Å². The summed E-state index contributed by atoms with van der Waals surface area (Å²) in [7, 11) is 0. The molecule has 0 heterocycles. The van der Waals surface area contributed by atoms with Gasteiger partial charge >= 0.3 is 12.1 Å². The molecule has 0 rings (SSSR count). The van der Waals surface area contributed by atoms with Crippen molar-refractivity contribution >= 4 is 41.5 Å². The number of carbonyl (C=O) groups is 5. The van der Waals surface area contributed by atoms with Crippen molar-refractivity contribution in [2.75, 3.05) is 44.4 Å². The molecule has 0 saturated heterocycles. The number of aliphatic hydroxyl groups excluding tert-OH is 1. The summed E-state index contributed by atoms with van der Waals surface area (Å²) in [6.45, 7) is 2.73. The Morgan fingerprint density at radius 3 is 1.95 bits per heavy atom. The number of carboxylic acid groups (broad SMARTS) is 1. The number of hydrogen-bond acceptors (Lipinski definition) is 11. The Hall–Kier alpha value is -2.66. The van der Waals surface area contributed by atoms with E-state index in [-0.39, 0.29) is 18.6 Å². The Kier molecular flexibility index (Phi) is 23.3. The molecule has 0 aromatic carbocycles. The number of alkyl carbamates (subject to hydrolysis) is 1. The first-order valence-electron chi connectivity index (χ1n) is 14.5. The van der Waals surface area contributed by atoms with Crippen molar-refractivity contribution in [2.45, 2.75) is 88.9 Å². The maximum absolute atomic E-state index is 12.9. The number of aliphatic carboxylic acids is 1. The highest BCUT2D eigenvalue weighted by molar-refractivity contribution is 7.99. The van der Waals surface area contributed by atoms with Gasteiger partial charge in [-0.15, -0.1) is 0 Å². The van der Waals surface area contributed by atoms with Gasteiger partial charge in [-0.25, -0.2) is 9.59 Å². The Balaban J connectivity index is 4.85. The molecule has 12 N–H and O–H groups in total. The molecule has 0 unspecified atom stereocenters. The summed E-state index contributed by atoms with van der Waals surface area (Å²) >= 11 is 1.31. The van der Waals surface area contributed by atoms with E-state index in [1.807, 2.05) is 0 Å². The number of amides is 4. The fraction of sp³-hybridized carbons (Fsp3) is 0.808. The molecule has 0 aromatic heterocycles. The van der Waals surface area contributed by atoms with E-state index < -0.39 is 60.6 Å². The largest absolute Gasteiger partial charge is 0.480 e. The van der Waals surface area contributed by atoms with Gasteiger partial charge in [0.25, 0.3) is 0 Å². The number of unbranched alkanes of at least 4 members (excludes halogenated alkanes) is 4. The highest BCUT2D eigenvalue weighted by Crippen LogP contribution is 2.06. The van der Waals surface area contributed by atoms with Crippen LogP contribution in [0.3, 0.4) is 0 Å². The van der Waals surface area contributed by atoms with E-state index in [0.29, 0.717) is 57.7 Å². The average Bonchev–Trinajstić information content (AvgIpc) is 2.96. The summed E-state index contributed by atoms with van der Waals surface area (Å²) in [5, 5.41) is 29.1. The van der Waals surface area contributed by atoms with Crippen molar-refractivity contribution in [1.29, 1.82) is 0 Å². The van der Waals surface area contributed by atoms with E-state index in [1.165, 1.54) is 11.8 Å². The van der Waals surface area contributed by atoms with Crippen LogP contribution in [0.4, 0.5) is 4.79 Å². The third-order valence-corrected chi connectivity index (χ3v) is 7.18. The van der Waals surface area contributed by atoms with Crippen LogP contribution in [0.5, 0.6) is 0 Å². The first-order chi connectivity index (χ1) is 20.1. The molecule has 0 aliphatic heterocycles. The first-order valence-corrected chi connectivity index (χ1v) is 15.6. The fourth-order valence-corrected chi connectivity index (χ4v) is 4.43. The number of ether oxygens (including phenoxy) is 1. The molecule has 15 nitrogen and oxygen atoms in total. The number of thioether (sulfide) groups is 1. The van der Waals surface area contributed by atoms with Gasteiger partial charge in [-0.2, -0.15) is 11.8 Å². The van der Waals surface area contributed by atoms with Crippen LogP contribution < -0.4 is 38.5 Å². The molecule has 0 aliphatic rings. The molecule has 0 radical (unpaired) electrons. The third kappa shape index (κ3) is 18.7. The minimum absolute atomic E-state index is 0.173. The smallest absolute Gasteiger partial charge is 0.407 e. The molecule has 0 aromatic rings. The van der Waals surface area contributed by atoms with E-state index in [1.54, 1.807) is 0 Å². The monoisotopic (exact) mass is 621 g/mol. The molecular weight excluding hydrogens is 570 g/mol. The number of carboxylic acids is 1. The Morgan fingerprint density at radius 2 is 1.38 bits per heavy atom. The average molecular weight is 622 g/mol. The zero-order chi connectivity index (χ0) is 31.8. The highest BCUT2D eigenvalue weighted by Gasteiger charge is 2.29. The second kappa shape index (κ2) is 24.9. The molecule has 0 bridgehead atoms. The summed E-state index contributed by atoms with van der Waals surface area (Å²) in [5.74, 6) is -2.76. The van der Waals surface area contributed by atoms with E-state index in [0.717, 1.165) is 19.3 Å². The second-order valence-electron chi connectivity index (χ2n) is 9.72. The van der Waals surface area contributed by atoms with Gasteiger partial charge in [-0.3, -0.25) is 14.4 Å². The van der Waals surface area contributed by atoms with Gasteiger partial charge in [-0.1, -0.05) is 19.8 Å². The van der Waals surface area contributed by atoms with Crippen LogP contribution in [0.2, 0.25) is 0 Å². The lowest BCUT2D eigenvalue weighted by Crippen LogP contribution is -2.58. The van der Waals surface area contributed by atoms with Gasteiger partial charge in [0.2, 0.25) is 17.7 Å². The number of aliphatic hydroxyl groups is 1. The molecule has 16 heteroatoms. The first kappa shape index (κ1) is 39.3. The van der Waals surface area contributed by atoms with Gasteiger partial charge in [0, 0.05) is 18.1 Å². The molecule has 244 valence electrons. The lowest BCUT2D eigenvalue weighted by molar-refractivity contribution is -0.142. The van der Waals surface area contributed by atoms with Gasteiger partial charge in [0.15, 0.2) is 0 Å². The summed E-state index contributed by atoms with van der Waals surface area (Å²) < 4.78 is 5.04. The van der Waals surface area contributed by atoms with Gasteiger partial charge in [0.05, 0.1) is 19.3 Å². The number of hydrogen-bond donors (Lipinski definition) is 9. The van der Waals surface area contributed by atoms with Crippen LogP contribution in [0.1, 0.15) is 64.7 Å². The summed E-state index contributed by atoms with van der Waals surface area (Å²) in [6.07, 6.45) is 4.79. The molecule has 42 heavy (non-hydrogen) atoms. The molecule has 0 fully saturated rings. The lowest BCUT2D eigenvalue weighted by Gasteiger charge is -2.24. The lowest BCUT2D eigenvalue weighted by atomic mass is 10.1. The Morgan fingerprint density at radius 1 is 0.810 bits per heavy atom. The molecule has 0 saturated carbocycles. The fourth-order valence-electron chi connectivity index (χ4n) is 3.61. The highest BCUT2D eigenvalue weighted by atomic mass is 32.2. The molecule has 0 aliphatic carbocycles. The number of nitrogens with two attached hydrogens (primary N) is 3. The zero-order valence-electron chi connectivity index (χ0n) is 24.6. The van der Waals surface area contributed by atoms with Crippen LogP contribution in [-0.2, 0) is 23.9 Å². The van der Waals surface area contributed by atoms with Crippen LogP contribution in [-0.4, -0.2) is 109 Å². The maximum Gasteiger partial charge on any atom is 0.407 e. The summed E-state index contributed by atoms with van der Waals surface area (Å²) in [5.41, 5.74) is 16.9. The summed E-state index contributed by atoms with van der Waals surface area (Å²) in [4.78, 5) is 61.5. The van der Waals surface area contributed by atoms with Crippen LogP contribution in [0.15, 0.2) is 0 Å². The SMILES string of the molecule is CCCCCOC(=O)NCCSC[C@@H](N)C(=O)N[C@H](CO)C(=O)N[C@@H](CCCCN)C(=O)N[C@@H](CCCCN)C(=O)O. The number of rotatable bonds is 25. The standard InChI is InChI=1S/C26H51N7O8S/c1-2-3-8-14-41-26(40)30-13-15-42-17-18(29)22(35)33-21(16-34)24(37)31-19(9-4-6-11-27)23(36)32-20(25(38)39)10-5-7-12-28/h18-21,34H,2-17,27-29H2,1H3,(H,30,40)(H,31,37)(H,32,36)(H,33,35)(H,38,39)/t18-,19+,20+,21-/m1/s1. The van der Waals surface area contributed by atoms with E-state index in [9.17, 15) is 34.2 Å². The van der Waals surface area contributed by atoms with Crippen LogP contribution >= 0.6 is 11.8 Å². The second-order valence-corrected chi connectivity index (χ2v) is 10.9. The van der Waals surface area contributed by atoms with E-state index in [4.69, 9.17) is 21.9 Å². The molecule has 4 amide bonds. The van der Waals surface area contributed by atoms with Gasteiger partial charge in [-0.05, 0) is 58.0 Å². The molecular formula is C26H51N7O8S. The van der Waals surface area contributed by atoms with Crippen LogP contribution in [0, 0.1) is 0 Å². The summed E-state index contributed by atoms with van der Waals surface area (Å²) in [6, 6.07) is -4.66. The van der Waals surface area contributed by atoms with Gasteiger partial charge < -0.3 is 53.4 Å². The quantitative estimate of drug-likeness (QED) is 0.0542. The normalized spacial score (nSPS) is 13.7.